The van der Waals surface area contributed by atoms with Crippen LogP contribution in [0.1, 0.15) is 23.7 Å². The number of aryl methyl sites for hydroxylation is 1. The number of carbonyl (C=O) groups is 1. The quantitative estimate of drug-likeness (QED) is 0.630. The van der Waals surface area contributed by atoms with Crippen LogP contribution in [0.5, 0.6) is 0 Å². The number of hydrogen-bond acceptors (Lipinski definition) is 4. The van der Waals surface area contributed by atoms with E-state index in [1.165, 1.54) is 0 Å². The van der Waals surface area contributed by atoms with E-state index in [9.17, 15) is 4.79 Å². The summed E-state index contributed by atoms with van der Waals surface area (Å²) in [5, 5.41) is 7.95. The smallest absolute Gasteiger partial charge is 0.340 e. The average Bonchev–Trinajstić information content (AvgIpc) is 2.97. The molecule has 0 amide bonds. The molecule has 1 heterocycles. The van der Waals surface area contributed by atoms with Crippen molar-refractivity contribution in [2.45, 2.75) is 19.9 Å². The van der Waals surface area contributed by atoms with Crippen LogP contribution in [-0.2, 0) is 11.3 Å². The van der Waals surface area contributed by atoms with Gasteiger partial charge in [-0.05, 0) is 37.6 Å². The van der Waals surface area contributed by atoms with E-state index < -0.39 is 0 Å². The third-order valence-corrected chi connectivity index (χ3v) is 3.15. The summed E-state index contributed by atoms with van der Waals surface area (Å²) >= 11 is 5.99. The van der Waals surface area contributed by atoms with Crippen molar-refractivity contribution in [3.05, 3.63) is 47.2 Å². The van der Waals surface area contributed by atoms with Gasteiger partial charge in [-0.3, -0.25) is 4.68 Å². The third kappa shape index (κ3) is 4.49. The molecule has 1 N–H and O–H groups in total. The van der Waals surface area contributed by atoms with Crippen molar-refractivity contribution < 1.29 is 9.53 Å². The number of esters is 1. The summed E-state index contributed by atoms with van der Waals surface area (Å²) < 4.78 is 6.90. The number of halogens is 1. The van der Waals surface area contributed by atoms with Crippen molar-refractivity contribution in [3.8, 4) is 0 Å². The number of nitrogens with zero attached hydrogens (tertiary/aromatic N) is 2. The SMILES string of the molecule is CCOC(=O)c1ccc(Cl)cc1NCCCn1cccn1. The topological polar surface area (TPSA) is 56.1 Å². The van der Waals surface area contributed by atoms with Gasteiger partial charge in [0.05, 0.1) is 17.9 Å². The lowest BCUT2D eigenvalue weighted by Crippen LogP contribution is -2.12. The van der Waals surface area contributed by atoms with E-state index in [1.54, 1.807) is 31.3 Å². The van der Waals surface area contributed by atoms with Gasteiger partial charge in [0.25, 0.3) is 0 Å². The zero-order valence-electron chi connectivity index (χ0n) is 11.9. The van der Waals surface area contributed by atoms with Gasteiger partial charge < -0.3 is 10.1 Å². The van der Waals surface area contributed by atoms with Gasteiger partial charge in [-0.2, -0.15) is 5.10 Å². The van der Waals surface area contributed by atoms with Crippen LogP contribution < -0.4 is 5.32 Å². The van der Waals surface area contributed by atoms with E-state index in [0.717, 1.165) is 13.0 Å². The Balaban J connectivity index is 1.94. The average molecular weight is 308 g/mol. The highest BCUT2D eigenvalue weighted by atomic mass is 35.5. The number of hydrogen-bond donors (Lipinski definition) is 1. The number of carbonyl (C=O) groups excluding carboxylic acids is 1. The molecule has 0 saturated carbocycles. The van der Waals surface area contributed by atoms with Crippen molar-refractivity contribution in [3.63, 3.8) is 0 Å². The van der Waals surface area contributed by atoms with E-state index in [4.69, 9.17) is 16.3 Å². The molecule has 0 bridgehead atoms. The van der Waals surface area contributed by atoms with E-state index in [0.29, 0.717) is 29.4 Å². The minimum Gasteiger partial charge on any atom is -0.462 e. The van der Waals surface area contributed by atoms with Crippen LogP contribution in [0.25, 0.3) is 0 Å². The fourth-order valence-corrected chi connectivity index (χ4v) is 2.12. The molecule has 0 atom stereocenters. The Labute approximate surface area is 128 Å². The first kappa shape index (κ1) is 15.4. The fourth-order valence-electron chi connectivity index (χ4n) is 1.95. The number of nitrogens with one attached hydrogen (secondary N) is 1. The van der Waals surface area contributed by atoms with Crippen LogP contribution in [0.4, 0.5) is 5.69 Å². The maximum Gasteiger partial charge on any atom is 0.340 e. The lowest BCUT2D eigenvalue weighted by molar-refractivity contribution is 0.0527. The first-order chi connectivity index (χ1) is 10.2. The second kappa shape index (κ2) is 7.69. The normalized spacial score (nSPS) is 10.4. The molecule has 0 unspecified atom stereocenters. The second-order valence-corrected chi connectivity index (χ2v) is 4.90. The minimum absolute atomic E-state index is 0.344. The lowest BCUT2D eigenvalue weighted by atomic mass is 10.1. The molecule has 0 spiro atoms. The molecule has 0 saturated heterocycles. The first-order valence-electron chi connectivity index (χ1n) is 6.88. The van der Waals surface area contributed by atoms with Crippen LogP contribution in [0, 0.1) is 0 Å². The monoisotopic (exact) mass is 307 g/mol. The van der Waals surface area contributed by atoms with E-state index in [-0.39, 0.29) is 5.97 Å². The van der Waals surface area contributed by atoms with Gasteiger partial charge in [0, 0.05) is 30.5 Å². The number of rotatable bonds is 7. The molecule has 0 aliphatic heterocycles. The molecule has 0 radical (unpaired) electrons. The van der Waals surface area contributed by atoms with E-state index >= 15 is 0 Å². The van der Waals surface area contributed by atoms with Crippen molar-refractivity contribution in [1.29, 1.82) is 0 Å². The number of benzene rings is 1. The standard InChI is InChI=1S/C15H18ClN3O2/c1-2-21-15(20)13-6-5-12(16)11-14(13)17-7-3-9-19-10-4-8-18-19/h4-6,8,10-11,17H,2-3,7,9H2,1H3. The zero-order valence-corrected chi connectivity index (χ0v) is 12.6. The summed E-state index contributed by atoms with van der Waals surface area (Å²) in [5.41, 5.74) is 1.20. The fraction of sp³-hybridized carbons (Fsp3) is 0.333. The van der Waals surface area contributed by atoms with E-state index in [2.05, 4.69) is 10.4 Å². The highest BCUT2D eigenvalue weighted by Crippen LogP contribution is 2.22. The van der Waals surface area contributed by atoms with Crippen molar-refractivity contribution in [2.24, 2.45) is 0 Å². The summed E-state index contributed by atoms with van der Waals surface area (Å²) in [6.45, 7) is 3.66. The molecule has 2 rings (SSSR count). The maximum absolute atomic E-state index is 11.9. The van der Waals surface area contributed by atoms with Crippen LogP contribution in [0.15, 0.2) is 36.7 Å². The molecule has 112 valence electrons. The van der Waals surface area contributed by atoms with E-state index in [1.807, 2.05) is 16.9 Å². The Kier molecular flexibility index (Phi) is 5.63. The molecule has 0 aliphatic carbocycles. The summed E-state index contributed by atoms with van der Waals surface area (Å²) in [5.74, 6) is -0.344. The van der Waals surface area contributed by atoms with Crippen LogP contribution in [-0.4, -0.2) is 28.9 Å². The van der Waals surface area contributed by atoms with Gasteiger partial charge in [-0.25, -0.2) is 4.79 Å². The molecule has 1 aromatic carbocycles. The number of anilines is 1. The summed E-state index contributed by atoms with van der Waals surface area (Å²) in [6.07, 6.45) is 4.56. The Morgan fingerprint density at radius 2 is 2.33 bits per heavy atom. The Morgan fingerprint density at radius 3 is 3.05 bits per heavy atom. The van der Waals surface area contributed by atoms with Gasteiger partial charge in [0.15, 0.2) is 0 Å². The molecule has 0 aliphatic rings. The molecule has 6 heteroatoms. The summed E-state index contributed by atoms with van der Waals surface area (Å²) in [7, 11) is 0. The first-order valence-corrected chi connectivity index (χ1v) is 7.26. The second-order valence-electron chi connectivity index (χ2n) is 4.46. The van der Waals surface area contributed by atoms with Crippen molar-refractivity contribution >= 4 is 23.3 Å². The molecule has 0 fully saturated rings. The Morgan fingerprint density at radius 1 is 1.48 bits per heavy atom. The van der Waals surface area contributed by atoms with Crippen LogP contribution in [0.3, 0.4) is 0 Å². The Bertz CT molecular complexity index is 585. The summed E-state index contributed by atoms with van der Waals surface area (Å²) in [6, 6.07) is 6.99. The predicted octanol–water partition coefficient (Wildman–Crippen LogP) is 3.22. The Hall–Kier alpha value is -2.01. The van der Waals surface area contributed by atoms with Crippen LogP contribution in [0.2, 0.25) is 5.02 Å². The molecule has 1 aromatic heterocycles. The molecule has 21 heavy (non-hydrogen) atoms. The molecule has 5 nitrogen and oxygen atoms in total. The number of aromatic nitrogens is 2. The maximum atomic E-state index is 11.9. The van der Waals surface area contributed by atoms with Crippen molar-refractivity contribution in [2.75, 3.05) is 18.5 Å². The van der Waals surface area contributed by atoms with Gasteiger partial charge in [-0.1, -0.05) is 11.6 Å². The lowest BCUT2D eigenvalue weighted by Gasteiger charge is -2.12. The minimum atomic E-state index is -0.344. The zero-order chi connectivity index (χ0) is 15.1. The third-order valence-electron chi connectivity index (χ3n) is 2.92. The highest BCUT2D eigenvalue weighted by Gasteiger charge is 2.12. The highest BCUT2D eigenvalue weighted by molar-refractivity contribution is 6.31. The predicted molar refractivity (Wildman–Crippen MR) is 82.7 cm³/mol. The largest absolute Gasteiger partial charge is 0.462 e. The molecule has 2 aromatic rings. The summed E-state index contributed by atoms with van der Waals surface area (Å²) in [4.78, 5) is 11.9. The number of ether oxygens (including phenoxy) is 1. The van der Waals surface area contributed by atoms with Gasteiger partial charge in [-0.15, -0.1) is 0 Å². The van der Waals surface area contributed by atoms with Gasteiger partial charge in [0.2, 0.25) is 0 Å². The van der Waals surface area contributed by atoms with Crippen LogP contribution >= 0.6 is 11.6 Å². The molecular formula is C15H18ClN3O2. The van der Waals surface area contributed by atoms with Gasteiger partial charge >= 0.3 is 5.97 Å². The van der Waals surface area contributed by atoms with Gasteiger partial charge in [0.1, 0.15) is 0 Å². The molecular weight excluding hydrogens is 290 g/mol. The van der Waals surface area contributed by atoms with Crippen molar-refractivity contribution in [1.82, 2.24) is 9.78 Å².